The number of hydrogen-bond donors (Lipinski definition) is 1. The third kappa shape index (κ3) is 7.82. The van der Waals surface area contributed by atoms with Crippen LogP contribution in [0.3, 0.4) is 0 Å². The van der Waals surface area contributed by atoms with Gasteiger partial charge in [0.2, 0.25) is 0 Å². The van der Waals surface area contributed by atoms with Gasteiger partial charge >= 0.3 is 197 Å². The molecule has 2 nitrogen and oxygen atoms in total. The van der Waals surface area contributed by atoms with Crippen LogP contribution >= 0.6 is 0 Å². The first-order valence-electron chi connectivity index (χ1n) is 12.6. The first-order valence-corrected chi connectivity index (χ1v) is 20.0. The van der Waals surface area contributed by atoms with E-state index in [1.807, 2.05) is 0 Å². The summed E-state index contributed by atoms with van der Waals surface area (Å²) < 4.78 is 6.17. The molecule has 2 N–H and O–H groups in total. The molecule has 0 bridgehead atoms. The van der Waals surface area contributed by atoms with Crippen LogP contribution in [-0.4, -0.2) is 37.4 Å². The zero-order valence-electron chi connectivity index (χ0n) is 20.8. The molecule has 31 heavy (non-hydrogen) atoms. The molecule has 0 amide bonds. The van der Waals surface area contributed by atoms with Crippen molar-refractivity contribution in [2.24, 2.45) is 0 Å². The van der Waals surface area contributed by atoms with Crippen LogP contribution in [0.25, 0.3) is 0 Å². The normalized spacial score (nSPS) is 11.9. The molecule has 0 aliphatic heterocycles. The van der Waals surface area contributed by atoms with E-state index in [2.05, 4.69) is 82.2 Å². The molecule has 172 valence electrons. The van der Waals surface area contributed by atoms with Crippen LogP contribution in [0.4, 0.5) is 5.69 Å². The Hall–Kier alpha value is -1.00. The van der Waals surface area contributed by atoms with Crippen molar-refractivity contribution >= 4 is 27.6 Å². The number of nitrogens with two attached hydrogens (primary N) is 1. The van der Waals surface area contributed by atoms with Crippen molar-refractivity contribution in [2.75, 3.05) is 19.8 Å². The van der Waals surface area contributed by atoms with Crippen molar-refractivity contribution in [2.45, 2.75) is 85.6 Å². The molecular formula is C28H46N2Sn. The van der Waals surface area contributed by atoms with Crippen LogP contribution in [0.1, 0.15) is 76.0 Å². The number of unbranched alkanes of at least 4 members (excludes halogenated alkanes) is 3. The number of hydrogen-bond acceptors (Lipinski definition) is 2. The molecule has 2 aromatic carbocycles. The second-order valence-electron chi connectivity index (χ2n) is 9.69. The summed E-state index contributed by atoms with van der Waals surface area (Å²) in [4.78, 5) is 2.24. The number of benzene rings is 2. The Morgan fingerprint density at radius 2 is 1.29 bits per heavy atom. The predicted molar refractivity (Wildman–Crippen MR) is 142 cm³/mol. The van der Waals surface area contributed by atoms with Gasteiger partial charge in [-0.3, -0.25) is 0 Å². The van der Waals surface area contributed by atoms with E-state index in [-0.39, 0.29) is 0 Å². The zero-order chi connectivity index (χ0) is 22.7. The Bertz CT molecular complexity index is 763. The summed E-state index contributed by atoms with van der Waals surface area (Å²) in [5.74, 6) is 0. The van der Waals surface area contributed by atoms with E-state index in [4.69, 9.17) is 5.73 Å². The van der Waals surface area contributed by atoms with Gasteiger partial charge in [0.05, 0.1) is 0 Å². The van der Waals surface area contributed by atoms with Crippen molar-refractivity contribution in [1.82, 2.24) is 4.90 Å². The molecule has 2 rings (SSSR count). The van der Waals surface area contributed by atoms with E-state index >= 15 is 0 Å². The van der Waals surface area contributed by atoms with E-state index in [0.29, 0.717) is 0 Å². The van der Waals surface area contributed by atoms with Gasteiger partial charge in [0, 0.05) is 0 Å². The van der Waals surface area contributed by atoms with Crippen molar-refractivity contribution in [3.63, 3.8) is 0 Å². The Morgan fingerprint density at radius 1 is 0.742 bits per heavy atom. The van der Waals surface area contributed by atoms with Crippen molar-refractivity contribution in [1.29, 1.82) is 0 Å². The average molecular weight is 529 g/mol. The van der Waals surface area contributed by atoms with Crippen LogP contribution in [0.2, 0.25) is 13.3 Å². The van der Waals surface area contributed by atoms with Crippen molar-refractivity contribution in [3.8, 4) is 0 Å². The molecule has 0 saturated carbocycles. The first kappa shape index (κ1) is 26.3. The van der Waals surface area contributed by atoms with E-state index in [1.54, 1.807) is 3.58 Å². The zero-order valence-corrected chi connectivity index (χ0v) is 23.7. The maximum atomic E-state index is 6.73. The molecule has 0 heterocycles. The summed E-state index contributed by atoms with van der Waals surface area (Å²) in [7, 11) is 4.27. The molecule has 0 atom stereocenters. The summed E-state index contributed by atoms with van der Waals surface area (Å²) >= 11 is -2.42. The van der Waals surface area contributed by atoms with E-state index < -0.39 is 18.4 Å². The maximum absolute atomic E-state index is 6.73. The Kier molecular flexibility index (Phi) is 11.5. The first-order chi connectivity index (χ1) is 15.0. The van der Waals surface area contributed by atoms with Gasteiger partial charge in [-0.1, -0.05) is 0 Å². The molecule has 0 aliphatic carbocycles. The van der Waals surface area contributed by atoms with Crippen molar-refractivity contribution < 1.29 is 0 Å². The Labute approximate surface area is 196 Å². The summed E-state index contributed by atoms with van der Waals surface area (Å²) in [6, 6.07) is 16.1. The van der Waals surface area contributed by atoms with Gasteiger partial charge in [0.15, 0.2) is 0 Å². The molecule has 0 radical (unpaired) electrons. The molecule has 2 aromatic rings. The second-order valence-corrected chi connectivity index (χ2v) is 22.9. The number of nitrogens with zero attached hydrogens (tertiary/aromatic N) is 1. The van der Waals surface area contributed by atoms with Crippen molar-refractivity contribution in [3.05, 3.63) is 59.2 Å². The van der Waals surface area contributed by atoms with Gasteiger partial charge in [-0.25, -0.2) is 0 Å². The Balaban J connectivity index is 2.34. The van der Waals surface area contributed by atoms with Crippen LogP contribution in [-0.2, 0) is 13.0 Å². The number of rotatable bonds is 14. The van der Waals surface area contributed by atoms with E-state index in [1.165, 1.54) is 68.5 Å². The molecule has 0 aromatic heterocycles. The molecule has 0 unspecified atom stereocenters. The standard InChI is InChI=1S/C16H19N2.3C4H9.Sn/c1-18(2)12-15-9-4-3-7-13(15)11-14-8-5-6-10-16(14)17;3*1-3-4-2;/h3-5,7-10H,11-12,17H2,1-2H3;3*1,3-4H2,2H3;. The molecule has 0 saturated heterocycles. The monoisotopic (exact) mass is 530 g/mol. The third-order valence-electron chi connectivity index (χ3n) is 6.77. The van der Waals surface area contributed by atoms with Crippen LogP contribution in [0.5, 0.6) is 0 Å². The summed E-state index contributed by atoms with van der Waals surface area (Å²) in [5, 5.41) is 0. The van der Waals surface area contributed by atoms with Gasteiger partial charge < -0.3 is 0 Å². The van der Waals surface area contributed by atoms with Gasteiger partial charge in [0.25, 0.3) is 0 Å². The molecular weight excluding hydrogens is 483 g/mol. The van der Waals surface area contributed by atoms with E-state index in [9.17, 15) is 0 Å². The van der Waals surface area contributed by atoms with Gasteiger partial charge in [-0.15, -0.1) is 0 Å². The molecule has 0 fully saturated rings. The van der Waals surface area contributed by atoms with E-state index in [0.717, 1.165) is 18.7 Å². The molecule has 0 aliphatic rings. The fraction of sp³-hybridized carbons (Fsp3) is 0.571. The van der Waals surface area contributed by atoms with Crippen LogP contribution in [0.15, 0.2) is 42.5 Å². The second kappa shape index (κ2) is 13.5. The molecule has 3 heteroatoms. The minimum atomic E-state index is -2.42. The summed E-state index contributed by atoms with van der Waals surface area (Å²) in [5.41, 5.74) is 11.8. The molecule has 0 spiro atoms. The van der Waals surface area contributed by atoms with Gasteiger partial charge in [-0.2, -0.15) is 0 Å². The summed E-state index contributed by atoms with van der Waals surface area (Å²) in [6.07, 6.45) is 9.04. The average Bonchev–Trinajstić information content (AvgIpc) is 2.76. The quantitative estimate of drug-likeness (QED) is 0.212. The summed E-state index contributed by atoms with van der Waals surface area (Å²) in [6.45, 7) is 8.01. The SMILES string of the molecule is CCC[CH2][Sn]([CH2]CCC)([CH2]CCC)[c]1ccc(Cc2ccccc2CN(C)C)c(N)c1. The van der Waals surface area contributed by atoms with Crippen LogP contribution < -0.4 is 9.31 Å². The Morgan fingerprint density at radius 3 is 1.77 bits per heavy atom. The fourth-order valence-corrected chi connectivity index (χ4v) is 20.9. The number of anilines is 1. The fourth-order valence-electron chi connectivity index (χ4n) is 4.87. The predicted octanol–water partition coefficient (Wildman–Crippen LogP) is 6.98. The van der Waals surface area contributed by atoms with Gasteiger partial charge in [-0.05, 0) is 0 Å². The van der Waals surface area contributed by atoms with Crippen LogP contribution in [0, 0.1) is 0 Å². The van der Waals surface area contributed by atoms with Gasteiger partial charge in [0.1, 0.15) is 0 Å². The third-order valence-corrected chi connectivity index (χ3v) is 22.4. The number of nitrogen functional groups attached to an aromatic ring is 1. The topological polar surface area (TPSA) is 29.3 Å². The minimum absolute atomic E-state index is 0.928.